The number of rotatable bonds is 2. The van der Waals surface area contributed by atoms with Gasteiger partial charge in [0.2, 0.25) is 5.91 Å². The van der Waals surface area contributed by atoms with Crippen LogP contribution in [-0.2, 0) is 23.1 Å². The van der Waals surface area contributed by atoms with E-state index in [1.165, 1.54) is 0 Å². The number of anilines is 2. The van der Waals surface area contributed by atoms with Crippen LogP contribution in [0.3, 0.4) is 0 Å². The van der Waals surface area contributed by atoms with Crippen molar-refractivity contribution in [3.63, 3.8) is 0 Å². The van der Waals surface area contributed by atoms with Gasteiger partial charge in [-0.1, -0.05) is 30.3 Å². The third-order valence-electron chi connectivity index (χ3n) is 6.25. The average Bonchev–Trinajstić information content (AvgIpc) is 3.29. The highest BCUT2D eigenvalue weighted by Crippen LogP contribution is 2.47. The van der Waals surface area contributed by atoms with Crippen LogP contribution in [0.5, 0.6) is 0 Å². The normalized spacial score (nSPS) is 18.6. The molecule has 1 aliphatic carbocycles. The van der Waals surface area contributed by atoms with Crippen molar-refractivity contribution >= 4 is 34.2 Å². The molecule has 2 aliphatic rings. The smallest absolute Gasteiger partial charge is 0.274 e. The van der Waals surface area contributed by atoms with Crippen LogP contribution in [0, 0.1) is 0 Å². The summed E-state index contributed by atoms with van der Waals surface area (Å²) in [4.78, 5) is 34.5. The summed E-state index contributed by atoms with van der Waals surface area (Å²) in [6.07, 6.45) is 2.93. The SMILES string of the molecule is O=C(Nc1ccccc1)c1ccc2cc3c(cc2n1)C[C@]1(C3)C(=O)Nc2ncccc21. The molecule has 1 atom stereocenters. The summed E-state index contributed by atoms with van der Waals surface area (Å²) in [6.45, 7) is 0. The van der Waals surface area contributed by atoms with E-state index in [2.05, 4.69) is 26.7 Å². The standard InChI is InChI=1S/C25H18N4O2/c30-23(27-18-5-2-1-3-6-18)20-9-8-15-11-16-13-25(14-17(16)12-21(15)28-20)19-7-4-10-26-22(19)29-24(25)31/h1-12H,13-14H2,(H,27,30)(H,26,29,31)/t25-/m0/s1. The Morgan fingerprint density at radius 1 is 0.968 bits per heavy atom. The van der Waals surface area contributed by atoms with E-state index in [0.29, 0.717) is 24.4 Å². The number of aromatic nitrogens is 2. The van der Waals surface area contributed by atoms with Gasteiger partial charge in [0.1, 0.15) is 11.5 Å². The van der Waals surface area contributed by atoms with Crippen LogP contribution in [0.15, 0.2) is 72.9 Å². The van der Waals surface area contributed by atoms with Crippen molar-refractivity contribution in [2.75, 3.05) is 10.6 Å². The van der Waals surface area contributed by atoms with E-state index in [4.69, 9.17) is 0 Å². The lowest BCUT2D eigenvalue weighted by Gasteiger charge is -2.20. The number of hydrogen-bond donors (Lipinski definition) is 2. The molecule has 2 N–H and O–H groups in total. The second-order valence-electron chi connectivity index (χ2n) is 8.12. The number of pyridine rings is 2. The Hall–Kier alpha value is -4.06. The van der Waals surface area contributed by atoms with Crippen LogP contribution in [-0.4, -0.2) is 21.8 Å². The third kappa shape index (κ3) is 2.72. The fourth-order valence-corrected chi connectivity index (χ4v) is 4.74. The molecule has 1 aliphatic heterocycles. The first kappa shape index (κ1) is 17.8. The van der Waals surface area contributed by atoms with E-state index >= 15 is 0 Å². The summed E-state index contributed by atoms with van der Waals surface area (Å²) in [5, 5.41) is 6.76. The Balaban J connectivity index is 1.36. The Morgan fingerprint density at radius 3 is 2.61 bits per heavy atom. The highest BCUT2D eigenvalue weighted by atomic mass is 16.2. The first-order valence-corrected chi connectivity index (χ1v) is 10.2. The van der Waals surface area contributed by atoms with Gasteiger partial charge in [-0.3, -0.25) is 9.59 Å². The summed E-state index contributed by atoms with van der Waals surface area (Å²) in [5.74, 6) is 0.403. The maximum atomic E-state index is 12.9. The molecule has 6 nitrogen and oxygen atoms in total. The largest absolute Gasteiger partial charge is 0.321 e. The minimum atomic E-state index is -0.614. The zero-order chi connectivity index (χ0) is 21.0. The number of benzene rings is 2. The molecule has 31 heavy (non-hydrogen) atoms. The number of carbonyl (C=O) groups excluding carboxylic acids is 2. The summed E-state index contributed by atoms with van der Waals surface area (Å²) in [5.41, 5.74) is 4.41. The number of nitrogens with one attached hydrogen (secondary N) is 2. The molecular weight excluding hydrogens is 388 g/mol. The van der Waals surface area contributed by atoms with Gasteiger partial charge < -0.3 is 10.6 Å². The Morgan fingerprint density at radius 2 is 1.77 bits per heavy atom. The van der Waals surface area contributed by atoms with Crippen molar-refractivity contribution in [2.45, 2.75) is 18.3 Å². The van der Waals surface area contributed by atoms with Gasteiger partial charge in [-0.05, 0) is 60.4 Å². The molecule has 0 saturated heterocycles. The fourth-order valence-electron chi connectivity index (χ4n) is 4.74. The first-order valence-electron chi connectivity index (χ1n) is 10.2. The monoisotopic (exact) mass is 406 g/mol. The van der Waals surface area contributed by atoms with Crippen LogP contribution in [0.1, 0.15) is 27.2 Å². The van der Waals surface area contributed by atoms with Crippen LogP contribution in [0.2, 0.25) is 0 Å². The zero-order valence-electron chi connectivity index (χ0n) is 16.6. The van der Waals surface area contributed by atoms with Crippen molar-refractivity contribution < 1.29 is 9.59 Å². The lowest BCUT2D eigenvalue weighted by Crippen LogP contribution is -2.35. The molecule has 0 bridgehead atoms. The zero-order valence-corrected chi connectivity index (χ0v) is 16.6. The second-order valence-corrected chi connectivity index (χ2v) is 8.12. The third-order valence-corrected chi connectivity index (χ3v) is 6.25. The lowest BCUT2D eigenvalue weighted by atomic mass is 9.79. The number of amides is 2. The summed E-state index contributed by atoms with van der Waals surface area (Å²) in [6, 6.07) is 20.9. The van der Waals surface area contributed by atoms with Gasteiger partial charge in [-0.15, -0.1) is 0 Å². The number of nitrogens with zero attached hydrogens (tertiary/aromatic N) is 2. The van der Waals surface area contributed by atoms with Crippen molar-refractivity contribution in [3.8, 4) is 0 Å². The molecule has 3 heterocycles. The van der Waals surface area contributed by atoms with E-state index in [1.807, 2.05) is 54.6 Å². The molecule has 150 valence electrons. The minimum Gasteiger partial charge on any atom is -0.321 e. The Kier molecular flexibility index (Phi) is 3.71. The van der Waals surface area contributed by atoms with Crippen LogP contribution >= 0.6 is 0 Å². The molecule has 4 aromatic rings. The van der Waals surface area contributed by atoms with Gasteiger partial charge >= 0.3 is 0 Å². The first-order chi connectivity index (χ1) is 15.1. The molecule has 0 saturated carbocycles. The van der Waals surface area contributed by atoms with Crippen molar-refractivity contribution in [3.05, 3.63) is 95.3 Å². The van der Waals surface area contributed by atoms with Gasteiger partial charge in [-0.2, -0.15) is 0 Å². The highest BCUT2D eigenvalue weighted by molar-refractivity contribution is 6.07. The van der Waals surface area contributed by atoms with Gasteiger partial charge in [0, 0.05) is 22.8 Å². The molecule has 0 unspecified atom stereocenters. The van der Waals surface area contributed by atoms with E-state index in [0.717, 1.165) is 33.3 Å². The molecule has 0 radical (unpaired) electrons. The average molecular weight is 406 g/mol. The molecule has 2 amide bonds. The number of hydrogen-bond acceptors (Lipinski definition) is 4. The topological polar surface area (TPSA) is 84.0 Å². The molecule has 6 heteroatoms. The Labute approximate surface area is 178 Å². The molecule has 2 aromatic carbocycles. The summed E-state index contributed by atoms with van der Waals surface area (Å²) < 4.78 is 0. The number of para-hydroxylation sites is 1. The van der Waals surface area contributed by atoms with Gasteiger partial charge in [0.25, 0.3) is 5.91 Å². The molecular formula is C25H18N4O2. The van der Waals surface area contributed by atoms with Gasteiger partial charge in [0.15, 0.2) is 0 Å². The van der Waals surface area contributed by atoms with Crippen molar-refractivity contribution in [2.24, 2.45) is 0 Å². The van der Waals surface area contributed by atoms with Gasteiger partial charge in [-0.25, -0.2) is 9.97 Å². The molecule has 1 spiro atoms. The summed E-state index contributed by atoms with van der Waals surface area (Å²) >= 11 is 0. The van der Waals surface area contributed by atoms with E-state index in [-0.39, 0.29) is 11.8 Å². The van der Waals surface area contributed by atoms with Crippen LogP contribution in [0.25, 0.3) is 10.9 Å². The maximum absolute atomic E-state index is 12.9. The van der Waals surface area contributed by atoms with Crippen LogP contribution < -0.4 is 10.6 Å². The predicted molar refractivity (Wildman–Crippen MR) is 118 cm³/mol. The summed E-state index contributed by atoms with van der Waals surface area (Å²) in [7, 11) is 0. The lowest BCUT2D eigenvalue weighted by molar-refractivity contribution is -0.120. The molecule has 6 rings (SSSR count). The fraction of sp³-hybridized carbons (Fsp3) is 0.120. The quantitative estimate of drug-likeness (QED) is 0.529. The predicted octanol–water partition coefficient (Wildman–Crippen LogP) is 3.87. The number of carbonyl (C=O) groups is 2. The van der Waals surface area contributed by atoms with Gasteiger partial charge in [0.05, 0.1) is 10.9 Å². The minimum absolute atomic E-state index is 0.00246. The number of fused-ring (bicyclic) bond motifs is 4. The van der Waals surface area contributed by atoms with E-state index in [1.54, 1.807) is 12.3 Å². The molecule has 0 fully saturated rings. The van der Waals surface area contributed by atoms with Crippen molar-refractivity contribution in [1.82, 2.24) is 9.97 Å². The van der Waals surface area contributed by atoms with Crippen LogP contribution in [0.4, 0.5) is 11.5 Å². The van der Waals surface area contributed by atoms with Crippen molar-refractivity contribution in [1.29, 1.82) is 0 Å². The van der Waals surface area contributed by atoms with E-state index < -0.39 is 5.41 Å². The molecule has 2 aromatic heterocycles. The highest BCUT2D eigenvalue weighted by Gasteiger charge is 2.51. The second kappa shape index (κ2) is 6.47. The van der Waals surface area contributed by atoms with E-state index in [9.17, 15) is 9.59 Å². The maximum Gasteiger partial charge on any atom is 0.274 e. The Bertz CT molecular complexity index is 1380.